The minimum absolute atomic E-state index is 0.0353. The Labute approximate surface area is 111 Å². The number of amides is 1. The van der Waals surface area contributed by atoms with Gasteiger partial charge in [0.1, 0.15) is 5.15 Å². The first-order chi connectivity index (χ1) is 8.61. The van der Waals surface area contributed by atoms with Gasteiger partial charge in [0.25, 0.3) is 5.91 Å². The van der Waals surface area contributed by atoms with Crippen molar-refractivity contribution in [3.8, 4) is 0 Å². The minimum Gasteiger partial charge on any atom is -0.391 e. The van der Waals surface area contributed by atoms with E-state index in [2.05, 4.69) is 15.6 Å². The van der Waals surface area contributed by atoms with Gasteiger partial charge < -0.3 is 15.7 Å². The Morgan fingerprint density at radius 1 is 1.56 bits per heavy atom. The standard InChI is InChI=1S/C12H16ClN3O2/c1-14-12(18)7-6-15-11(13)5-9(7)16-8-3-2-4-10(8)17/h5-6,8,10,17H,2-4H2,1H3,(H,14,18)(H,15,16)/t8?,10-/m1/s1. The highest BCUT2D eigenvalue weighted by atomic mass is 35.5. The first-order valence-corrected chi connectivity index (χ1v) is 6.32. The van der Waals surface area contributed by atoms with E-state index in [1.54, 1.807) is 13.1 Å². The van der Waals surface area contributed by atoms with Crippen LogP contribution in [0.15, 0.2) is 12.3 Å². The predicted molar refractivity (Wildman–Crippen MR) is 69.9 cm³/mol. The van der Waals surface area contributed by atoms with Gasteiger partial charge in [-0.1, -0.05) is 11.6 Å². The largest absolute Gasteiger partial charge is 0.391 e. The molecule has 1 aromatic heterocycles. The van der Waals surface area contributed by atoms with Crippen molar-refractivity contribution in [2.45, 2.75) is 31.4 Å². The maximum Gasteiger partial charge on any atom is 0.254 e. The molecular formula is C12H16ClN3O2. The van der Waals surface area contributed by atoms with Gasteiger partial charge in [0, 0.05) is 13.2 Å². The molecule has 1 heterocycles. The van der Waals surface area contributed by atoms with Gasteiger partial charge in [-0.15, -0.1) is 0 Å². The number of pyridine rings is 1. The van der Waals surface area contributed by atoms with Gasteiger partial charge in [-0.25, -0.2) is 4.98 Å². The molecule has 6 heteroatoms. The molecule has 5 nitrogen and oxygen atoms in total. The molecule has 1 amide bonds. The van der Waals surface area contributed by atoms with Gasteiger partial charge in [0.05, 0.1) is 23.4 Å². The van der Waals surface area contributed by atoms with Crippen LogP contribution >= 0.6 is 11.6 Å². The molecule has 0 radical (unpaired) electrons. The van der Waals surface area contributed by atoms with Crippen LogP contribution < -0.4 is 10.6 Å². The molecule has 3 N–H and O–H groups in total. The predicted octanol–water partition coefficient (Wildman–Crippen LogP) is 1.42. The molecule has 1 aliphatic carbocycles. The summed E-state index contributed by atoms with van der Waals surface area (Å²) in [5.74, 6) is -0.228. The van der Waals surface area contributed by atoms with Crippen LogP contribution in [0.1, 0.15) is 29.6 Å². The van der Waals surface area contributed by atoms with E-state index in [1.165, 1.54) is 6.20 Å². The van der Waals surface area contributed by atoms with Crippen LogP contribution in [0.5, 0.6) is 0 Å². The molecule has 18 heavy (non-hydrogen) atoms. The second kappa shape index (κ2) is 5.54. The lowest BCUT2D eigenvalue weighted by atomic mass is 10.1. The number of carbonyl (C=O) groups excluding carboxylic acids is 1. The molecule has 2 atom stereocenters. The van der Waals surface area contributed by atoms with Gasteiger partial charge in [0.2, 0.25) is 0 Å². The van der Waals surface area contributed by atoms with E-state index < -0.39 is 0 Å². The molecule has 2 rings (SSSR count). The fourth-order valence-corrected chi connectivity index (χ4v) is 2.33. The Bertz CT molecular complexity index is 453. The van der Waals surface area contributed by atoms with Gasteiger partial charge in [0.15, 0.2) is 0 Å². The lowest BCUT2D eigenvalue weighted by Gasteiger charge is -2.19. The fraction of sp³-hybridized carbons (Fsp3) is 0.500. The second-order valence-electron chi connectivity index (χ2n) is 4.38. The van der Waals surface area contributed by atoms with E-state index in [0.29, 0.717) is 16.4 Å². The molecule has 0 saturated heterocycles. The number of halogens is 1. The van der Waals surface area contributed by atoms with E-state index in [1.807, 2.05) is 0 Å². The van der Waals surface area contributed by atoms with Crippen LogP contribution in [0.25, 0.3) is 0 Å². The normalized spacial score (nSPS) is 22.8. The number of aromatic nitrogens is 1. The maximum absolute atomic E-state index is 11.7. The third kappa shape index (κ3) is 2.73. The molecule has 1 unspecified atom stereocenters. The molecule has 0 aliphatic heterocycles. The molecule has 0 spiro atoms. The molecule has 0 bridgehead atoms. The zero-order valence-corrected chi connectivity index (χ0v) is 10.9. The number of hydrogen-bond donors (Lipinski definition) is 3. The Hall–Kier alpha value is -1.33. The zero-order chi connectivity index (χ0) is 13.1. The summed E-state index contributed by atoms with van der Waals surface area (Å²) in [6.45, 7) is 0. The van der Waals surface area contributed by atoms with Crippen LogP contribution in [0, 0.1) is 0 Å². The highest BCUT2D eigenvalue weighted by molar-refractivity contribution is 6.29. The van der Waals surface area contributed by atoms with E-state index >= 15 is 0 Å². The molecule has 1 saturated carbocycles. The third-order valence-electron chi connectivity index (χ3n) is 3.16. The number of hydrogen-bond acceptors (Lipinski definition) is 4. The van der Waals surface area contributed by atoms with Crippen LogP contribution in [-0.2, 0) is 0 Å². The Balaban J connectivity index is 2.24. The summed E-state index contributed by atoms with van der Waals surface area (Å²) in [6, 6.07) is 1.57. The number of rotatable bonds is 3. The molecule has 1 aromatic rings. The lowest BCUT2D eigenvalue weighted by molar-refractivity contribution is 0.0963. The van der Waals surface area contributed by atoms with Crippen molar-refractivity contribution >= 4 is 23.2 Å². The first kappa shape index (κ1) is 13.1. The second-order valence-corrected chi connectivity index (χ2v) is 4.77. The number of aliphatic hydroxyl groups is 1. The Kier molecular flexibility index (Phi) is 4.04. The summed E-state index contributed by atoms with van der Waals surface area (Å²) in [7, 11) is 1.56. The van der Waals surface area contributed by atoms with E-state index in [-0.39, 0.29) is 18.1 Å². The summed E-state index contributed by atoms with van der Waals surface area (Å²) >= 11 is 5.84. The van der Waals surface area contributed by atoms with E-state index in [0.717, 1.165) is 19.3 Å². The van der Waals surface area contributed by atoms with Crippen molar-refractivity contribution in [1.82, 2.24) is 10.3 Å². The van der Waals surface area contributed by atoms with Crippen molar-refractivity contribution in [2.24, 2.45) is 0 Å². The molecule has 0 aromatic carbocycles. The number of nitrogens with zero attached hydrogens (tertiary/aromatic N) is 1. The van der Waals surface area contributed by atoms with Crippen molar-refractivity contribution in [1.29, 1.82) is 0 Å². The van der Waals surface area contributed by atoms with Gasteiger partial charge in [-0.3, -0.25) is 4.79 Å². The Morgan fingerprint density at radius 3 is 2.94 bits per heavy atom. The smallest absolute Gasteiger partial charge is 0.254 e. The quantitative estimate of drug-likeness (QED) is 0.726. The number of nitrogens with one attached hydrogen (secondary N) is 2. The fourth-order valence-electron chi connectivity index (χ4n) is 2.17. The number of carbonyl (C=O) groups is 1. The van der Waals surface area contributed by atoms with Crippen molar-refractivity contribution in [3.05, 3.63) is 23.0 Å². The van der Waals surface area contributed by atoms with E-state index in [4.69, 9.17) is 11.6 Å². The maximum atomic E-state index is 11.7. The average Bonchev–Trinajstić information content (AvgIpc) is 2.74. The monoisotopic (exact) mass is 269 g/mol. The number of aliphatic hydroxyl groups excluding tert-OH is 1. The zero-order valence-electron chi connectivity index (χ0n) is 10.1. The van der Waals surface area contributed by atoms with Crippen molar-refractivity contribution in [2.75, 3.05) is 12.4 Å². The lowest BCUT2D eigenvalue weighted by Crippen LogP contribution is -2.29. The molecule has 1 aliphatic rings. The highest BCUT2D eigenvalue weighted by Gasteiger charge is 2.26. The molecule has 1 fully saturated rings. The summed E-state index contributed by atoms with van der Waals surface area (Å²) in [6.07, 6.45) is 3.70. The summed E-state index contributed by atoms with van der Waals surface area (Å²) in [4.78, 5) is 15.6. The van der Waals surface area contributed by atoms with Crippen LogP contribution in [0.2, 0.25) is 5.15 Å². The number of anilines is 1. The van der Waals surface area contributed by atoms with Crippen LogP contribution in [-0.4, -0.2) is 35.2 Å². The van der Waals surface area contributed by atoms with E-state index in [9.17, 15) is 9.90 Å². The van der Waals surface area contributed by atoms with Crippen molar-refractivity contribution < 1.29 is 9.90 Å². The van der Waals surface area contributed by atoms with Gasteiger partial charge >= 0.3 is 0 Å². The van der Waals surface area contributed by atoms with Gasteiger partial charge in [-0.05, 0) is 25.3 Å². The van der Waals surface area contributed by atoms with Crippen LogP contribution in [0.3, 0.4) is 0 Å². The molecular weight excluding hydrogens is 254 g/mol. The first-order valence-electron chi connectivity index (χ1n) is 5.94. The summed E-state index contributed by atoms with van der Waals surface area (Å²) < 4.78 is 0. The Morgan fingerprint density at radius 2 is 2.33 bits per heavy atom. The summed E-state index contributed by atoms with van der Waals surface area (Å²) in [5.41, 5.74) is 1.04. The third-order valence-corrected chi connectivity index (χ3v) is 3.37. The molecule has 98 valence electrons. The van der Waals surface area contributed by atoms with Gasteiger partial charge in [-0.2, -0.15) is 0 Å². The topological polar surface area (TPSA) is 74.2 Å². The average molecular weight is 270 g/mol. The minimum atomic E-state index is -0.380. The SMILES string of the molecule is CNC(=O)c1cnc(Cl)cc1NC1CCC[C@H]1O. The summed E-state index contributed by atoms with van der Waals surface area (Å²) in [5, 5.41) is 15.8. The van der Waals surface area contributed by atoms with Crippen LogP contribution in [0.4, 0.5) is 5.69 Å². The highest BCUT2D eigenvalue weighted by Crippen LogP contribution is 2.26. The van der Waals surface area contributed by atoms with Crippen molar-refractivity contribution in [3.63, 3.8) is 0 Å².